The van der Waals surface area contributed by atoms with E-state index in [4.69, 9.17) is 0 Å². The van der Waals surface area contributed by atoms with E-state index in [1.807, 2.05) is 0 Å². The van der Waals surface area contributed by atoms with E-state index >= 15 is 0 Å². The number of phenols is 4. The van der Waals surface area contributed by atoms with E-state index < -0.39 is 11.7 Å². The highest BCUT2D eigenvalue weighted by Gasteiger charge is 2.16. The molecule has 2 rings (SSSR count). The predicted molar refractivity (Wildman–Crippen MR) is 82.9 cm³/mol. The first-order valence-corrected chi connectivity index (χ1v) is 7.12. The Morgan fingerprint density at radius 2 is 1.29 bits per heavy atom. The molecule has 5 N–H and O–H groups in total. The molecular weight excluding hydrogens is 410 g/mol. The van der Waals surface area contributed by atoms with Gasteiger partial charge in [0.25, 0.3) is 5.91 Å². The van der Waals surface area contributed by atoms with Crippen molar-refractivity contribution in [1.82, 2.24) is 0 Å². The van der Waals surface area contributed by atoms with Crippen LogP contribution in [-0.4, -0.2) is 26.3 Å². The van der Waals surface area contributed by atoms with Gasteiger partial charge in [-0.25, -0.2) is 0 Å². The fourth-order valence-electron chi connectivity index (χ4n) is 1.56. The Balaban J connectivity index is 2.35. The average molecular weight is 419 g/mol. The number of aromatic hydroxyl groups is 4. The summed E-state index contributed by atoms with van der Waals surface area (Å²) < 4.78 is 0.652. The van der Waals surface area contributed by atoms with E-state index in [0.29, 0.717) is 4.47 Å². The van der Waals surface area contributed by atoms with Gasteiger partial charge in [-0.15, -0.1) is 0 Å². The van der Waals surface area contributed by atoms with Gasteiger partial charge in [0.15, 0.2) is 23.0 Å². The van der Waals surface area contributed by atoms with Crippen LogP contribution in [0.3, 0.4) is 0 Å². The number of rotatable bonds is 2. The van der Waals surface area contributed by atoms with Crippen molar-refractivity contribution in [2.24, 2.45) is 0 Å². The summed E-state index contributed by atoms with van der Waals surface area (Å²) in [7, 11) is 0. The zero-order chi connectivity index (χ0) is 15.7. The monoisotopic (exact) mass is 417 g/mol. The summed E-state index contributed by atoms with van der Waals surface area (Å²) in [6.45, 7) is 0. The number of carbonyl (C=O) groups is 1. The second-order valence-electron chi connectivity index (χ2n) is 4.10. The Morgan fingerprint density at radius 1 is 0.810 bits per heavy atom. The van der Waals surface area contributed by atoms with Crippen molar-refractivity contribution in [2.75, 3.05) is 5.32 Å². The molecule has 0 aliphatic carbocycles. The smallest absolute Gasteiger partial charge is 0.256 e. The molecule has 0 saturated carbocycles. The largest absolute Gasteiger partial charge is 0.504 e. The SMILES string of the molecule is O=C(Nc1cc(O)c(O)cc1Br)c1cc(O)c(O)cc1Br. The highest BCUT2D eigenvalue weighted by Crippen LogP contribution is 2.36. The molecular formula is C13H9Br2NO5. The maximum absolute atomic E-state index is 12.1. The minimum Gasteiger partial charge on any atom is -0.504 e. The predicted octanol–water partition coefficient (Wildman–Crippen LogP) is 3.29. The minimum atomic E-state index is -0.581. The van der Waals surface area contributed by atoms with E-state index in [0.717, 1.165) is 6.07 Å². The summed E-state index contributed by atoms with van der Waals surface area (Å²) in [5.41, 5.74) is 0.319. The lowest BCUT2D eigenvalue weighted by molar-refractivity contribution is 0.102. The van der Waals surface area contributed by atoms with E-state index in [9.17, 15) is 25.2 Å². The van der Waals surface area contributed by atoms with Gasteiger partial charge < -0.3 is 25.7 Å². The Labute approximate surface area is 135 Å². The first kappa shape index (κ1) is 15.5. The standard InChI is InChI=1S/C13H9Br2NO5/c14-6-2-10(18)9(17)1-5(6)13(21)16-8-4-12(20)11(19)3-7(8)15/h1-4,17-20H,(H,16,21). The molecule has 1 amide bonds. The molecule has 8 heteroatoms. The van der Waals surface area contributed by atoms with Crippen molar-refractivity contribution in [3.05, 3.63) is 38.8 Å². The molecule has 0 aliphatic heterocycles. The molecule has 0 radical (unpaired) electrons. The van der Waals surface area contributed by atoms with E-state index in [2.05, 4.69) is 37.2 Å². The topological polar surface area (TPSA) is 110 Å². The summed E-state index contributed by atoms with van der Waals surface area (Å²) in [5.74, 6) is -2.09. The number of benzene rings is 2. The third kappa shape index (κ3) is 3.22. The number of halogens is 2. The molecule has 2 aromatic rings. The fourth-order valence-corrected chi connectivity index (χ4v) is 2.50. The second-order valence-corrected chi connectivity index (χ2v) is 5.80. The van der Waals surface area contributed by atoms with Gasteiger partial charge in [-0.3, -0.25) is 4.79 Å². The molecule has 0 heterocycles. The fraction of sp³-hybridized carbons (Fsp3) is 0. The molecule has 0 bridgehead atoms. The van der Waals surface area contributed by atoms with Crippen LogP contribution in [-0.2, 0) is 0 Å². The van der Waals surface area contributed by atoms with Crippen LogP contribution in [0.4, 0.5) is 5.69 Å². The Morgan fingerprint density at radius 3 is 1.90 bits per heavy atom. The van der Waals surface area contributed by atoms with Crippen LogP contribution in [0.1, 0.15) is 10.4 Å². The summed E-state index contributed by atoms with van der Waals surface area (Å²) >= 11 is 6.25. The second kappa shape index (κ2) is 5.82. The molecule has 6 nitrogen and oxygen atoms in total. The molecule has 2 aromatic carbocycles. The van der Waals surface area contributed by atoms with Gasteiger partial charge >= 0.3 is 0 Å². The van der Waals surface area contributed by atoms with Gasteiger partial charge in [-0.05, 0) is 44.0 Å². The van der Waals surface area contributed by atoms with E-state index in [-0.39, 0.29) is 33.0 Å². The number of phenolic OH excluding ortho intramolecular Hbond substituents is 4. The highest BCUT2D eigenvalue weighted by molar-refractivity contribution is 9.11. The number of hydrogen-bond acceptors (Lipinski definition) is 5. The quantitative estimate of drug-likeness (QED) is 0.379. The molecule has 0 spiro atoms. The lowest BCUT2D eigenvalue weighted by Gasteiger charge is -2.11. The van der Waals surface area contributed by atoms with Crippen molar-refractivity contribution >= 4 is 43.5 Å². The molecule has 0 atom stereocenters. The summed E-state index contributed by atoms with van der Waals surface area (Å²) in [6, 6.07) is 4.69. The van der Waals surface area contributed by atoms with E-state index in [1.165, 1.54) is 18.2 Å². The van der Waals surface area contributed by atoms with Crippen LogP contribution in [0.25, 0.3) is 0 Å². The average Bonchev–Trinajstić information content (AvgIpc) is 2.40. The summed E-state index contributed by atoms with van der Waals surface area (Å²) in [4.78, 5) is 12.1. The lowest BCUT2D eigenvalue weighted by Crippen LogP contribution is -2.13. The van der Waals surface area contributed by atoms with Gasteiger partial charge in [-0.2, -0.15) is 0 Å². The number of carbonyl (C=O) groups excluding carboxylic acids is 1. The van der Waals surface area contributed by atoms with Crippen molar-refractivity contribution in [3.8, 4) is 23.0 Å². The Hall–Kier alpha value is -1.93. The van der Waals surface area contributed by atoms with Crippen LogP contribution < -0.4 is 5.32 Å². The number of nitrogens with one attached hydrogen (secondary N) is 1. The first-order valence-electron chi connectivity index (χ1n) is 5.54. The van der Waals surface area contributed by atoms with Crippen molar-refractivity contribution in [3.63, 3.8) is 0 Å². The van der Waals surface area contributed by atoms with Crippen LogP contribution in [0.2, 0.25) is 0 Å². The van der Waals surface area contributed by atoms with Crippen molar-refractivity contribution in [1.29, 1.82) is 0 Å². The van der Waals surface area contributed by atoms with E-state index in [1.54, 1.807) is 0 Å². The highest BCUT2D eigenvalue weighted by atomic mass is 79.9. The third-order valence-electron chi connectivity index (χ3n) is 2.62. The van der Waals surface area contributed by atoms with Gasteiger partial charge in [0.2, 0.25) is 0 Å². The molecule has 0 saturated heterocycles. The van der Waals surface area contributed by atoms with Crippen LogP contribution >= 0.6 is 31.9 Å². The lowest BCUT2D eigenvalue weighted by atomic mass is 10.2. The van der Waals surface area contributed by atoms with Crippen LogP contribution in [0.5, 0.6) is 23.0 Å². The normalized spacial score (nSPS) is 10.4. The number of anilines is 1. The maximum atomic E-state index is 12.1. The van der Waals surface area contributed by atoms with Crippen LogP contribution in [0.15, 0.2) is 33.2 Å². The van der Waals surface area contributed by atoms with Crippen molar-refractivity contribution < 1.29 is 25.2 Å². The van der Waals surface area contributed by atoms with Gasteiger partial charge in [0, 0.05) is 21.1 Å². The van der Waals surface area contributed by atoms with Gasteiger partial charge in [0.05, 0.1) is 11.3 Å². The summed E-state index contributed by atoms with van der Waals surface area (Å²) in [5, 5.41) is 40.0. The molecule has 0 unspecified atom stereocenters. The number of amides is 1. The molecule has 110 valence electrons. The van der Waals surface area contributed by atoms with Crippen molar-refractivity contribution in [2.45, 2.75) is 0 Å². The van der Waals surface area contributed by atoms with Gasteiger partial charge in [0.1, 0.15) is 0 Å². The first-order chi connectivity index (χ1) is 9.79. The molecule has 21 heavy (non-hydrogen) atoms. The van der Waals surface area contributed by atoms with Gasteiger partial charge in [-0.1, -0.05) is 0 Å². The zero-order valence-electron chi connectivity index (χ0n) is 10.3. The Kier molecular flexibility index (Phi) is 4.29. The number of hydrogen-bond donors (Lipinski definition) is 5. The summed E-state index contributed by atoms with van der Waals surface area (Å²) in [6.07, 6.45) is 0. The zero-order valence-corrected chi connectivity index (χ0v) is 13.4. The third-order valence-corrected chi connectivity index (χ3v) is 3.93. The molecule has 0 fully saturated rings. The minimum absolute atomic E-state index is 0.0877. The van der Waals surface area contributed by atoms with Crippen LogP contribution in [0, 0.1) is 0 Å². The Bertz CT molecular complexity index is 733. The molecule has 0 aromatic heterocycles. The molecule has 0 aliphatic rings. The maximum Gasteiger partial charge on any atom is 0.256 e.